The lowest BCUT2D eigenvalue weighted by molar-refractivity contribution is -0.128. The fourth-order valence-electron chi connectivity index (χ4n) is 2.41. The van der Waals surface area contributed by atoms with Crippen molar-refractivity contribution in [2.75, 3.05) is 36.8 Å². The minimum atomic E-state index is -0.263. The van der Waals surface area contributed by atoms with Crippen LogP contribution in [0.2, 0.25) is 0 Å². The minimum Gasteiger partial charge on any atom is -0.352 e. The minimum absolute atomic E-state index is 0.109. The second-order valence-electron chi connectivity index (χ2n) is 5.19. The Morgan fingerprint density at radius 3 is 2.52 bits per heavy atom. The van der Waals surface area contributed by atoms with Gasteiger partial charge < -0.3 is 9.80 Å². The van der Waals surface area contributed by atoms with Crippen molar-refractivity contribution in [2.45, 2.75) is 4.90 Å². The van der Waals surface area contributed by atoms with Gasteiger partial charge in [0.1, 0.15) is 5.82 Å². The van der Waals surface area contributed by atoms with Crippen molar-refractivity contribution in [3.63, 3.8) is 0 Å². The van der Waals surface area contributed by atoms with Crippen molar-refractivity contribution in [3.8, 4) is 0 Å². The van der Waals surface area contributed by atoms with Crippen LogP contribution in [0, 0.1) is 5.82 Å². The average Bonchev–Trinajstić information content (AvgIpc) is 2.62. The predicted molar refractivity (Wildman–Crippen MR) is 87.9 cm³/mol. The molecule has 0 saturated carbocycles. The maximum Gasteiger partial charge on any atom is 0.233 e. The molecule has 3 rings (SSSR count). The van der Waals surface area contributed by atoms with Crippen LogP contribution >= 0.6 is 11.8 Å². The number of carbonyl (C=O) groups is 1. The smallest absolute Gasteiger partial charge is 0.233 e. The number of thioether (sulfide) groups is 1. The Morgan fingerprint density at radius 1 is 1.13 bits per heavy atom. The molecule has 1 aliphatic heterocycles. The van der Waals surface area contributed by atoms with E-state index in [0.29, 0.717) is 18.8 Å². The van der Waals surface area contributed by atoms with Crippen LogP contribution in [-0.4, -0.2) is 52.9 Å². The van der Waals surface area contributed by atoms with E-state index < -0.39 is 0 Å². The lowest BCUT2D eigenvalue weighted by atomic mass is 10.3. The molecule has 0 atom stereocenters. The first kappa shape index (κ1) is 15.7. The molecule has 5 nitrogen and oxygen atoms in total. The number of halogens is 1. The van der Waals surface area contributed by atoms with Crippen LogP contribution in [0.15, 0.2) is 47.5 Å². The molecule has 0 aliphatic carbocycles. The first-order valence-electron chi connectivity index (χ1n) is 7.41. The second-order valence-corrected chi connectivity index (χ2v) is 6.24. The van der Waals surface area contributed by atoms with Gasteiger partial charge in [0.2, 0.25) is 5.91 Å². The second kappa shape index (κ2) is 7.41. The van der Waals surface area contributed by atoms with Crippen LogP contribution in [0.5, 0.6) is 0 Å². The van der Waals surface area contributed by atoms with Crippen molar-refractivity contribution in [1.29, 1.82) is 0 Å². The molecule has 7 heteroatoms. The zero-order valence-electron chi connectivity index (χ0n) is 12.6. The molecular weight excluding hydrogens is 315 g/mol. The molecule has 1 saturated heterocycles. The molecular formula is C16H17FN4OS. The lowest BCUT2D eigenvalue weighted by Crippen LogP contribution is -2.49. The molecule has 120 valence electrons. The molecule has 0 radical (unpaired) electrons. The molecule has 1 amide bonds. The predicted octanol–water partition coefficient (Wildman–Crippen LogP) is 2.06. The van der Waals surface area contributed by atoms with Crippen LogP contribution in [0.4, 0.5) is 10.2 Å². The molecule has 0 bridgehead atoms. The summed E-state index contributed by atoms with van der Waals surface area (Å²) in [5, 5.41) is 7.97. The van der Waals surface area contributed by atoms with Gasteiger partial charge in [-0.3, -0.25) is 4.79 Å². The topological polar surface area (TPSA) is 49.3 Å². The van der Waals surface area contributed by atoms with Gasteiger partial charge in [-0.2, -0.15) is 5.10 Å². The number of aromatic nitrogens is 2. The van der Waals surface area contributed by atoms with E-state index >= 15 is 0 Å². The largest absolute Gasteiger partial charge is 0.352 e. The van der Waals surface area contributed by atoms with E-state index in [4.69, 9.17) is 0 Å². The highest BCUT2D eigenvalue weighted by atomic mass is 32.2. The van der Waals surface area contributed by atoms with Crippen LogP contribution in [0.25, 0.3) is 0 Å². The maximum absolute atomic E-state index is 12.9. The summed E-state index contributed by atoms with van der Waals surface area (Å²) in [4.78, 5) is 17.2. The van der Waals surface area contributed by atoms with Gasteiger partial charge in [-0.05, 0) is 36.4 Å². The zero-order chi connectivity index (χ0) is 16.1. The van der Waals surface area contributed by atoms with Crippen molar-refractivity contribution in [3.05, 3.63) is 48.4 Å². The number of hydrogen-bond acceptors (Lipinski definition) is 5. The number of benzene rings is 1. The summed E-state index contributed by atoms with van der Waals surface area (Å²) in [7, 11) is 0. The average molecular weight is 332 g/mol. The lowest BCUT2D eigenvalue weighted by Gasteiger charge is -2.35. The van der Waals surface area contributed by atoms with Crippen LogP contribution in [0.1, 0.15) is 0 Å². The van der Waals surface area contributed by atoms with E-state index in [-0.39, 0.29) is 11.7 Å². The third kappa shape index (κ3) is 4.19. The van der Waals surface area contributed by atoms with Crippen molar-refractivity contribution in [2.24, 2.45) is 0 Å². The van der Waals surface area contributed by atoms with Crippen molar-refractivity contribution < 1.29 is 9.18 Å². The van der Waals surface area contributed by atoms with E-state index in [0.717, 1.165) is 23.8 Å². The van der Waals surface area contributed by atoms with Gasteiger partial charge in [0.15, 0.2) is 5.82 Å². The zero-order valence-corrected chi connectivity index (χ0v) is 13.4. The van der Waals surface area contributed by atoms with E-state index in [2.05, 4.69) is 15.1 Å². The monoisotopic (exact) mass is 332 g/mol. The SMILES string of the molecule is O=C(CSc1ccc(F)cc1)N1CCN(c2cccnn2)CC1. The van der Waals surface area contributed by atoms with Gasteiger partial charge in [-0.1, -0.05) is 0 Å². The Morgan fingerprint density at radius 2 is 1.87 bits per heavy atom. The fourth-order valence-corrected chi connectivity index (χ4v) is 3.22. The number of carbonyl (C=O) groups excluding carboxylic acids is 1. The highest BCUT2D eigenvalue weighted by Gasteiger charge is 2.21. The molecule has 1 aromatic heterocycles. The summed E-state index contributed by atoms with van der Waals surface area (Å²) in [5.74, 6) is 1.07. The third-order valence-corrected chi connectivity index (χ3v) is 4.69. The summed E-state index contributed by atoms with van der Waals surface area (Å²) < 4.78 is 12.9. The van der Waals surface area contributed by atoms with Gasteiger partial charge in [0, 0.05) is 37.3 Å². The molecule has 1 aromatic carbocycles. The maximum atomic E-state index is 12.9. The van der Waals surface area contributed by atoms with Crippen LogP contribution < -0.4 is 4.90 Å². The highest BCUT2D eigenvalue weighted by molar-refractivity contribution is 8.00. The Balaban J connectivity index is 1.47. The number of hydrogen-bond donors (Lipinski definition) is 0. The van der Waals surface area contributed by atoms with Crippen LogP contribution in [0.3, 0.4) is 0 Å². The molecule has 1 fully saturated rings. The quantitative estimate of drug-likeness (QED) is 0.802. The molecule has 0 unspecified atom stereocenters. The van der Waals surface area contributed by atoms with Gasteiger partial charge in [-0.25, -0.2) is 4.39 Å². The van der Waals surface area contributed by atoms with Crippen molar-refractivity contribution in [1.82, 2.24) is 15.1 Å². The molecule has 2 aromatic rings. The summed E-state index contributed by atoms with van der Waals surface area (Å²) in [6, 6.07) is 9.99. The molecule has 2 heterocycles. The van der Waals surface area contributed by atoms with Gasteiger partial charge >= 0.3 is 0 Å². The van der Waals surface area contributed by atoms with E-state index in [1.165, 1.54) is 23.9 Å². The fraction of sp³-hybridized carbons (Fsp3) is 0.312. The summed E-state index contributed by atoms with van der Waals surface area (Å²) in [6.07, 6.45) is 1.65. The highest BCUT2D eigenvalue weighted by Crippen LogP contribution is 2.19. The summed E-state index contributed by atoms with van der Waals surface area (Å²) in [6.45, 7) is 2.87. The van der Waals surface area contributed by atoms with E-state index in [9.17, 15) is 9.18 Å². The van der Waals surface area contributed by atoms with Gasteiger partial charge in [-0.15, -0.1) is 16.9 Å². The first-order valence-corrected chi connectivity index (χ1v) is 8.40. The number of anilines is 1. The Hall–Kier alpha value is -2.15. The first-order chi connectivity index (χ1) is 11.2. The molecule has 23 heavy (non-hydrogen) atoms. The number of rotatable bonds is 4. The molecule has 0 N–H and O–H groups in total. The molecule has 1 aliphatic rings. The number of amides is 1. The number of piperazine rings is 1. The Bertz CT molecular complexity index is 645. The van der Waals surface area contributed by atoms with E-state index in [1.54, 1.807) is 18.3 Å². The Labute approximate surface area is 138 Å². The van der Waals surface area contributed by atoms with Gasteiger partial charge in [0.05, 0.1) is 5.75 Å². The van der Waals surface area contributed by atoms with Gasteiger partial charge in [0.25, 0.3) is 0 Å². The van der Waals surface area contributed by atoms with Crippen molar-refractivity contribution >= 4 is 23.5 Å². The standard InChI is InChI=1S/C16H17FN4OS/c17-13-3-5-14(6-4-13)23-12-16(22)21-10-8-20(9-11-21)15-2-1-7-18-19-15/h1-7H,8-12H2. The van der Waals surface area contributed by atoms with Crippen LogP contribution in [-0.2, 0) is 4.79 Å². The summed E-state index contributed by atoms with van der Waals surface area (Å²) >= 11 is 1.43. The molecule has 0 spiro atoms. The number of nitrogens with zero attached hydrogens (tertiary/aromatic N) is 4. The third-order valence-electron chi connectivity index (χ3n) is 3.69. The summed E-state index contributed by atoms with van der Waals surface area (Å²) in [5.41, 5.74) is 0. The Kier molecular flexibility index (Phi) is 5.07. The normalized spacial score (nSPS) is 14.8. The van der Waals surface area contributed by atoms with E-state index in [1.807, 2.05) is 17.0 Å².